The van der Waals surface area contributed by atoms with Crippen LogP contribution >= 0.6 is 0 Å². The Balaban J connectivity index is 2.24. The second-order valence-electron chi connectivity index (χ2n) is 4.85. The summed E-state index contributed by atoms with van der Waals surface area (Å²) in [6.07, 6.45) is -3.78. The van der Waals surface area contributed by atoms with Crippen LogP contribution in [0.1, 0.15) is 17.5 Å². The van der Waals surface area contributed by atoms with E-state index in [1.807, 2.05) is 19.1 Å². The molecule has 1 amide bonds. The van der Waals surface area contributed by atoms with E-state index in [1.54, 1.807) is 13.2 Å². The first-order valence-corrected chi connectivity index (χ1v) is 6.86. The largest absolute Gasteiger partial charge is 0.496 e. The maximum atomic E-state index is 11.8. The molecule has 0 radical (unpaired) electrons. The van der Waals surface area contributed by atoms with Crippen LogP contribution in [0.4, 0.5) is 13.2 Å². The van der Waals surface area contributed by atoms with Gasteiger partial charge in [0.2, 0.25) is 5.91 Å². The number of ether oxygens (including phenoxy) is 2. The molecule has 1 aromatic rings. The van der Waals surface area contributed by atoms with Gasteiger partial charge in [-0.1, -0.05) is 12.1 Å². The van der Waals surface area contributed by atoms with E-state index >= 15 is 0 Å². The van der Waals surface area contributed by atoms with Gasteiger partial charge in [-0.3, -0.25) is 4.79 Å². The second-order valence-corrected chi connectivity index (χ2v) is 4.85. The van der Waals surface area contributed by atoms with Crippen molar-refractivity contribution in [2.75, 3.05) is 26.9 Å². The zero-order valence-corrected chi connectivity index (χ0v) is 12.6. The molecule has 0 fully saturated rings. The molecule has 0 saturated carbocycles. The van der Waals surface area contributed by atoms with Gasteiger partial charge in [0.05, 0.1) is 13.5 Å². The van der Waals surface area contributed by atoms with E-state index in [-0.39, 0.29) is 25.5 Å². The summed E-state index contributed by atoms with van der Waals surface area (Å²) in [5.74, 6) is 0.521. The Morgan fingerprint density at radius 3 is 2.68 bits per heavy atom. The van der Waals surface area contributed by atoms with Crippen molar-refractivity contribution < 1.29 is 27.4 Å². The summed E-state index contributed by atoms with van der Waals surface area (Å²) in [5, 5.41) is 2.64. The molecule has 0 spiro atoms. The van der Waals surface area contributed by atoms with Crippen molar-refractivity contribution in [2.45, 2.75) is 25.9 Å². The molecule has 1 aromatic carbocycles. The van der Waals surface area contributed by atoms with E-state index in [2.05, 4.69) is 10.1 Å². The molecule has 0 aliphatic heterocycles. The van der Waals surface area contributed by atoms with Gasteiger partial charge in [-0.05, 0) is 30.5 Å². The van der Waals surface area contributed by atoms with Gasteiger partial charge in [-0.2, -0.15) is 13.2 Å². The van der Waals surface area contributed by atoms with Gasteiger partial charge in [0.25, 0.3) is 0 Å². The predicted octanol–water partition coefficient (Wildman–Crippen LogP) is 2.63. The molecule has 22 heavy (non-hydrogen) atoms. The molecule has 0 heterocycles. The first kappa shape index (κ1) is 18.3. The number of amides is 1. The van der Waals surface area contributed by atoms with Crippen LogP contribution in [-0.4, -0.2) is 39.0 Å². The van der Waals surface area contributed by atoms with Gasteiger partial charge in [0.1, 0.15) is 12.4 Å². The summed E-state index contributed by atoms with van der Waals surface area (Å²) in [7, 11) is 1.56. The van der Waals surface area contributed by atoms with Gasteiger partial charge >= 0.3 is 6.18 Å². The Kier molecular flexibility index (Phi) is 7.17. The van der Waals surface area contributed by atoms with Crippen LogP contribution in [0.25, 0.3) is 0 Å². The van der Waals surface area contributed by atoms with Crippen LogP contribution in [0, 0.1) is 6.92 Å². The maximum absolute atomic E-state index is 11.8. The molecule has 0 atom stereocenters. The lowest BCUT2D eigenvalue weighted by molar-refractivity contribution is -0.174. The average molecular weight is 319 g/mol. The fraction of sp³-hybridized carbons (Fsp3) is 0.533. The molecule has 0 bridgehead atoms. The number of methoxy groups -OCH3 is 1. The van der Waals surface area contributed by atoms with Crippen molar-refractivity contribution in [2.24, 2.45) is 0 Å². The minimum absolute atomic E-state index is 0.0435. The van der Waals surface area contributed by atoms with Crippen molar-refractivity contribution in [3.05, 3.63) is 29.3 Å². The Morgan fingerprint density at radius 1 is 1.32 bits per heavy atom. The number of halogens is 3. The number of nitrogens with one attached hydrogen (secondary N) is 1. The molecule has 124 valence electrons. The number of carbonyl (C=O) groups is 1. The first-order valence-electron chi connectivity index (χ1n) is 6.86. The summed E-state index contributed by atoms with van der Waals surface area (Å²) >= 11 is 0. The minimum atomic E-state index is -4.31. The van der Waals surface area contributed by atoms with E-state index < -0.39 is 12.8 Å². The second kappa shape index (κ2) is 8.63. The highest BCUT2D eigenvalue weighted by Gasteiger charge is 2.27. The summed E-state index contributed by atoms with van der Waals surface area (Å²) in [6, 6.07) is 5.50. The standard InChI is InChI=1S/C15H20F3NO3/c1-11-4-5-12(8-13(11)21-2)9-14(20)19-6-3-7-22-10-15(16,17)18/h4-5,8H,3,6-7,9-10H2,1-2H3,(H,19,20). The molecule has 7 heteroatoms. The van der Waals surface area contributed by atoms with Crippen LogP contribution < -0.4 is 10.1 Å². The van der Waals surface area contributed by atoms with Crippen molar-refractivity contribution in [3.63, 3.8) is 0 Å². The number of hydrogen-bond acceptors (Lipinski definition) is 3. The Bertz CT molecular complexity index is 489. The third-order valence-electron chi connectivity index (χ3n) is 2.89. The van der Waals surface area contributed by atoms with Crippen LogP contribution in [0.5, 0.6) is 5.75 Å². The van der Waals surface area contributed by atoms with Crippen molar-refractivity contribution in [1.29, 1.82) is 0 Å². The van der Waals surface area contributed by atoms with Gasteiger partial charge in [-0.25, -0.2) is 0 Å². The van der Waals surface area contributed by atoms with E-state index in [0.29, 0.717) is 12.2 Å². The third kappa shape index (κ3) is 7.31. The number of hydrogen-bond donors (Lipinski definition) is 1. The van der Waals surface area contributed by atoms with Gasteiger partial charge in [-0.15, -0.1) is 0 Å². The zero-order chi connectivity index (χ0) is 16.6. The van der Waals surface area contributed by atoms with Crippen LogP contribution in [-0.2, 0) is 16.0 Å². The first-order chi connectivity index (χ1) is 10.3. The topological polar surface area (TPSA) is 47.6 Å². The average Bonchev–Trinajstić information content (AvgIpc) is 2.43. The molecule has 0 aliphatic carbocycles. The smallest absolute Gasteiger partial charge is 0.411 e. The normalized spacial score (nSPS) is 11.3. The number of alkyl halides is 3. The van der Waals surface area contributed by atoms with E-state index in [9.17, 15) is 18.0 Å². The number of carbonyl (C=O) groups excluding carboxylic acids is 1. The van der Waals surface area contributed by atoms with Gasteiger partial charge in [0.15, 0.2) is 0 Å². The maximum Gasteiger partial charge on any atom is 0.411 e. The molecular weight excluding hydrogens is 299 g/mol. The quantitative estimate of drug-likeness (QED) is 0.749. The summed E-state index contributed by atoms with van der Waals surface area (Å²) in [4.78, 5) is 11.7. The summed E-state index contributed by atoms with van der Waals surface area (Å²) in [6.45, 7) is 0.881. The molecule has 4 nitrogen and oxygen atoms in total. The highest BCUT2D eigenvalue weighted by molar-refractivity contribution is 5.78. The fourth-order valence-electron chi connectivity index (χ4n) is 1.81. The van der Waals surface area contributed by atoms with Crippen LogP contribution in [0.2, 0.25) is 0 Å². The van der Waals surface area contributed by atoms with Gasteiger partial charge in [0, 0.05) is 13.2 Å². The Hall–Kier alpha value is -1.76. The highest BCUT2D eigenvalue weighted by Crippen LogP contribution is 2.19. The number of benzene rings is 1. The monoisotopic (exact) mass is 319 g/mol. The van der Waals surface area contributed by atoms with Crippen molar-refractivity contribution in [1.82, 2.24) is 5.32 Å². The summed E-state index contributed by atoms with van der Waals surface area (Å²) < 4.78 is 45.1. The fourth-order valence-corrected chi connectivity index (χ4v) is 1.81. The van der Waals surface area contributed by atoms with Crippen molar-refractivity contribution >= 4 is 5.91 Å². The molecule has 0 unspecified atom stereocenters. The highest BCUT2D eigenvalue weighted by atomic mass is 19.4. The lowest BCUT2D eigenvalue weighted by Crippen LogP contribution is -2.27. The van der Waals surface area contributed by atoms with Crippen molar-refractivity contribution in [3.8, 4) is 5.75 Å². The number of rotatable bonds is 8. The van der Waals surface area contributed by atoms with Gasteiger partial charge < -0.3 is 14.8 Å². The minimum Gasteiger partial charge on any atom is -0.496 e. The summed E-state index contributed by atoms with van der Waals surface area (Å²) in [5.41, 5.74) is 1.79. The molecule has 1 N–H and O–H groups in total. The molecule has 0 aliphatic rings. The molecule has 0 saturated heterocycles. The Labute approximate surface area is 127 Å². The van der Waals surface area contributed by atoms with E-state index in [4.69, 9.17) is 4.74 Å². The number of aryl methyl sites for hydroxylation is 1. The third-order valence-corrected chi connectivity index (χ3v) is 2.89. The van der Waals surface area contributed by atoms with Crippen LogP contribution in [0.15, 0.2) is 18.2 Å². The molecule has 0 aromatic heterocycles. The van der Waals surface area contributed by atoms with E-state index in [1.165, 1.54) is 0 Å². The zero-order valence-electron chi connectivity index (χ0n) is 12.6. The molecular formula is C15H20F3NO3. The molecule has 1 rings (SSSR count). The SMILES string of the molecule is COc1cc(CC(=O)NCCCOCC(F)(F)F)ccc1C. The Morgan fingerprint density at radius 2 is 2.05 bits per heavy atom. The predicted molar refractivity (Wildman–Crippen MR) is 75.9 cm³/mol. The van der Waals surface area contributed by atoms with Crippen LogP contribution in [0.3, 0.4) is 0 Å². The lowest BCUT2D eigenvalue weighted by Gasteiger charge is -2.09. The lowest BCUT2D eigenvalue weighted by atomic mass is 10.1. The van der Waals surface area contributed by atoms with E-state index in [0.717, 1.165) is 11.1 Å².